The van der Waals surface area contributed by atoms with E-state index in [1.54, 1.807) is 24.3 Å². The molecule has 1 unspecified atom stereocenters. The van der Waals surface area contributed by atoms with Crippen LogP contribution < -0.4 is 4.74 Å². The molecular formula is C16H20N2O2. The molecule has 1 saturated heterocycles. The number of nitriles is 1. The molecule has 106 valence electrons. The van der Waals surface area contributed by atoms with Crippen molar-refractivity contribution in [2.75, 3.05) is 19.7 Å². The Balaban J connectivity index is 1.78. The fourth-order valence-corrected chi connectivity index (χ4v) is 2.36. The average molecular weight is 272 g/mol. The van der Waals surface area contributed by atoms with Crippen LogP contribution in [0.3, 0.4) is 0 Å². The molecule has 20 heavy (non-hydrogen) atoms. The first kappa shape index (κ1) is 14.4. The molecule has 0 saturated carbocycles. The van der Waals surface area contributed by atoms with Crippen molar-refractivity contribution in [3.63, 3.8) is 0 Å². The molecule has 1 amide bonds. The van der Waals surface area contributed by atoms with Crippen LogP contribution in [0.1, 0.15) is 25.8 Å². The molecule has 4 heteroatoms. The maximum Gasteiger partial charge on any atom is 0.223 e. The molecule has 2 rings (SSSR count). The van der Waals surface area contributed by atoms with Crippen LogP contribution in [0.2, 0.25) is 0 Å². The van der Waals surface area contributed by atoms with Gasteiger partial charge in [-0.25, -0.2) is 0 Å². The first-order chi connectivity index (χ1) is 9.60. The number of hydrogen-bond acceptors (Lipinski definition) is 3. The van der Waals surface area contributed by atoms with Crippen molar-refractivity contribution in [2.45, 2.75) is 20.3 Å². The lowest BCUT2D eigenvalue weighted by Crippen LogP contribution is -2.30. The van der Waals surface area contributed by atoms with Crippen LogP contribution in [0, 0.1) is 23.2 Å². The third-order valence-corrected chi connectivity index (χ3v) is 3.80. The van der Waals surface area contributed by atoms with Gasteiger partial charge < -0.3 is 9.64 Å². The van der Waals surface area contributed by atoms with Gasteiger partial charge >= 0.3 is 0 Å². The van der Waals surface area contributed by atoms with Gasteiger partial charge in [0.25, 0.3) is 0 Å². The number of benzene rings is 1. The maximum absolute atomic E-state index is 11.8. The van der Waals surface area contributed by atoms with Gasteiger partial charge in [0.1, 0.15) is 12.4 Å². The van der Waals surface area contributed by atoms with Crippen LogP contribution in [0.5, 0.6) is 5.75 Å². The van der Waals surface area contributed by atoms with E-state index in [-0.39, 0.29) is 5.91 Å². The highest BCUT2D eigenvalue weighted by atomic mass is 16.5. The van der Waals surface area contributed by atoms with Gasteiger partial charge in [0.15, 0.2) is 0 Å². The van der Waals surface area contributed by atoms with E-state index in [1.165, 1.54) is 0 Å². The minimum Gasteiger partial charge on any atom is -0.492 e. The van der Waals surface area contributed by atoms with Gasteiger partial charge in [-0.2, -0.15) is 5.26 Å². The summed E-state index contributed by atoms with van der Waals surface area (Å²) in [5.41, 5.74) is 0.617. The third-order valence-electron chi connectivity index (χ3n) is 3.80. The fourth-order valence-electron chi connectivity index (χ4n) is 2.36. The highest BCUT2D eigenvalue weighted by molar-refractivity contribution is 5.78. The number of nitrogens with zero attached hydrogens (tertiary/aromatic N) is 2. The number of likely N-dealkylation sites (tertiary alicyclic amines) is 1. The summed E-state index contributed by atoms with van der Waals surface area (Å²) >= 11 is 0. The summed E-state index contributed by atoms with van der Waals surface area (Å²) in [6.45, 7) is 6.28. The van der Waals surface area contributed by atoms with Gasteiger partial charge in [-0.1, -0.05) is 13.8 Å². The molecule has 0 radical (unpaired) electrons. The molecule has 0 aliphatic carbocycles. The van der Waals surface area contributed by atoms with E-state index < -0.39 is 0 Å². The Morgan fingerprint density at radius 1 is 1.40 bits per heavy atom. The largest absolute Gasteiger partial charge is 0.492 e. The zero-order chi connectivity index (χ0) is 14.5. The summed E-state index contributed by atoms with van der Waals surface area (Å²) in [5, 5.41) is 8.71. The van der Waals surface area contributed by atoms with Crippen LogP contribution in [0.15, 0.2) is 24.3 Å². The van der Waals surface area contributed by atoms with Crippen molar-refractivity contribution in [1.29, 1.82) is 5.26 Å². The molecule has 1 aliphatic rings. The third kappa shape index (κ3) is 3.51. The van der Waals surface area contributed by atoms with E-state index in [0.29, 0.717) is 37.0 Å². The second-order valence-electron chi connectivity index (χ2n) is 5.53. The molecular weight excluding hydrogens is 252 g/mol. The molecule has 0 bridgehead atoms. The maximum atomic E-state index is 11.8. The van der Waals surface area contributed by atoms with Crippen LogP contribution >= 0.6 is 0 Å². The normalized spacial score (nSPS) is 18.4. The van der Waals surface area contributed by atoms with Gasteiger partial charge in [-0.15, -0.1) is 0 Å². The minimum absolute atomic E-state index is 0.229. The van der Waals surface area contributed by atoms with Gasteiger partial charge in [0, 0.05) is 13.0 Å². The first-order valence-corrected chi connectivity index (χ1v) is 7.01. The van der Waals surface area contributed by atoms with E-state index >= 15 is 0 Å². The van der Waals surface area contributed by atoms with Crippen molar-refractivity contribution in [3.8, 4) is 11.8 Å². The Morgan fingerprint density at radius 3 is 2.65 bits per heavy atom. The quantitative estimate of drug-likeness (QED) is 0.827. The lowest BCUT2D eigenvalue weighted by Gasteiger charge is -2.18. The number of rotatable bonds is 5. The van der Waals surface area contributed by atoms with Gasteiger partial charge in [-0.3, -0.25) is 4.79 Å². The molecule has 1 aromatic rings. The second kappa shape index (κ2) is 6.42. The topological polar surface area (TPSA) is 53.3 Å². The van der Waals surface area contributed by atoms with Crippen LogP contribution in [0.4, 0.5) is 0 Å². The number of carbonyl (C=O) groups excluding carboxylic acids is 1. The van der Waals surface area contributed by atoms with Crippen LogP contribution in [0.25, 0.3) is 0 Å². The predicted octanol–water partition coefficient (Wildman–Crippen LogP) is 2.44. The molecule has 0 aromatic heterocycles. The standard InChI is InChI=1S/C16H20N2O2/c1-12(2)14-9-16(19)18(11-14)7-8-20-15-5-3-13(10-17)4-6-15/h3-6,12,14H,7-9,11H2,1-2H3. The highest BCUT2D eigenvalue weighted by Gasteiger charge is 2.30. The second-order valence-corrected chi connectivity index (χ2v) is 5.53. The Kier molecular flexibility index (Phi) is 4.62. The molecule has 1 aliphatic heterocycles. The number of carbonyl (C=O) groups is 1. The van der Waals surface area contributed by atoms with Gasteiger partial charge in [0.05, 0.1) is 18.2 Å². The van der Waals surface area contributed by atoms with Crippen LogP contribution in [-0.4, -0.2) is 30.5 Å². The van der Waals surface area contributed by atoms with Gasteiger partial charge in [0.2, 0.25) is 5.91 Å². The van der Waals surface area contributed by atoms with E-state index in [0.717, 1.165) is 12.3 Å². The molecule has 1 fully saturated rings. The lowest BCUT2D eigenvalue weighted by atomic mass is 9.95. The summed E-state index contributed by atoms with van der Waals surface area (Å²) < 4.78 is 5.61. The van der Waals surface area contributed by atoms with Crippen molar-refractivity contribution >= 4 is 5.91 Å². The Hall–Kier alpha value is -2.02. The number of ether oxygens (including phenoxy) is 1. The summed E-state index contributed by atoms with van der Waals surface area (Å²) in [6.07, 6.45) is 0.661. The minimum atomic E-state index is 0.229. The Bertz CT molecular complexity index is 502. The zero-order valence-electron chi connectivity index (χ0n) is 12.0. The molecule has 1 atom stereocenters. The molecule has 1 aromatic carbocycles. The van der Waals surface area contributed by atoms with Crippen molar-refractivity contribution < 1.29 is 9.53 Å². The summed E-state index contributed by atoms with van der Waals surface area (Å²) in [7, 11) is 0. The first-order valence-electron chi connectivity index (χ1n) is 7.01. The number of amides is 1. The van der Waals surface area contributed by atoms with Crippen molar-refractivity contribution in [1.82, 2.24) is 4.90 Å². The zero-order valence-corrected chi connectivity index (χ0v) is 12.0. The van der Waals surface area contributed by atoms with E-state index in [9.17, 15) is 4.79 Å². The lowest BCUT2D eigenvalue weighted by molar-refractivity contribution is -0.128. The summed E-state index contributed by atoms with van der Waals surface area (Å²) in [5.74, 6) is 1.98. The van der Waals surface area contributed by atoms with E-state index in [4.69, 9.17) is 10.00 Å². The fraction of sp³-hybridized carbons (Fsp3) is 0.500. The number of hydrogen-bond donors (Lipinski definition) is 0. The monoisotopic (exact) mass is 272 g/mol. The smallest absolute Gasteiger partial charge is 0.223 e. The van der Waals surface area contributed by atoms with E-state index in [1.807, 2.05) is 4.90 Å². The van der Waals surface area contributed by atoms with Gasteiger partial charge in [-0.05, 0) is 36.1 Å². The summed E-state index contributed by atoms with van der Waals surface area (Å²) in [6, 6.07) is 9.08. The Labute approximate surface area is 120 Å². The summed E-state index contributed by atoms with van der Waals surface area (Å²) in [4.78, 5) is 13.7. The van der Waals surface area contributed by atoms with Crippen molar-refractivity contribution in [3.05, 3.63) is 29.8 Å². The van der Waals surface area contributed by atoms with Crippen LogP contribution in [-0.2, 0) is 4.79 Å². The SMILES string of the molecule is CC(C)C1CC(=O)N(CCOc2ccc(C#N)cc2)C1. The van der Waals surface area contributed by atoms with E-state index in [2.05, 4.69) is 19.9 Å². The Morgan fingerprint density at radius 2 is 2.10 bits per heavy atom. The molecule has 4 nitrogen and oxygen atoms in total. The molecule has 1 heterocycles. The highest BCUT2D eigenvalue weighted by Crippen LogP contribution is 2.24. The molecule has 0 N–H and O–H groups in total. The molecule has 0 spiro atoms. The van der Waals surface area contributed by atoms with Crippen molar-refractivity contribution in [2.24, 2.45) is 11.8 Å². The average Bonchev–Trinajstić information content (AvgIpc) is 2.81. The predicted molar refractivity (Wildman–Crippen MR) is 76.2 cm³/mol.